The number of hydrogen-bond acceptors (Lipinski definition) is 3. The van der Waals surface area contributed by atoms with Crippen LogP contribution in [-0.2, 0) is 9.53 Å². The molecule has 108 valence electrons. The van der Waals surface area contributed by atoms with Crippen molar-refractivity contribution >= 4 is 11.6 Å². The largest absolute Gasteiger partial charge is 0.382 e. The number of anilines is 1. The van der Waals surface area contributed by atoms with Gasteiger partial charge in [-0.05, 0) is 38.0 Å². The van der Waals surface area contributed by atoms with Crippen LogP contribution in [0.4, 0.5) is 5.69 Å². The topological polar surface area (TPSA) is 64.3 Å². The monoisotopic (exact) mass is 274 g/mol. The Labute approximate surface area is 120 Å². The van der Waals surface area contributed by atoms with E-state index in [2.05, 4.69) is 17.2 Å². The van der Waals surface area contributed by atoms with Crippen LogP contribution in [0.2, 0.25) is 0 Å². The highest BCUT2D eigenvalue weighted by atomic mass is 16.5. The Bertz CT molecular complexity index is 515. The fourth-order valence-corrected chi connectivity index (χ4v) is 1.68. The third-order valence-corrected chi connectivity index (χ3v) is 2.95. The summed E-state index contributed by atoms with van der Waals surface area (Å²) in [4.78, 5) is 11.9. The zero-order chi connectivity index (χ0) is 15.0. The molecule has 0 radical (unpaired) electrons. The predicted molar refractivity (Wildman–Crippen MR) is 81.4 cm³/mol. The maximum Gasteiger partial charge on any atom is 0.224 e. The fourth-order valence-electron chi connectivity index (χ4n) is 1.68. The fraction of sp³-hybridized carbons (Fsp3) is 0.438. The highest BCUT2D eigenvalue weighted by Crippen LogP contribution is 2.17. The van der Waals surface area contributed by atoms with E-state index in [1.807, 2.05) is 32.0 Å². The summed E-state index contributed by atoms with van der Waals surface area (Å²) >= 11 is 0. The average molecular weight is 274 g/mol. The van der Waals surface area contributed by atoms with E-state index in [-0.39, 0.29) is 12.0 Å². The molecule has 0 bridgehead atoms. The molecule has 0 heterocycles. The van der Waals surface area contributed by atoms with E-state index in [1.54, 1.807) is 7.11 Å². The number of methoxy groups -OCH3 is 1. The highest BCUT2D eigenvalue weighted by Gasteiger charge is 2.08. The quantitative estimate of drug-likeness (QED) is 0.808. The number of hydrogen-bond donors (Lipinski definition) is 2. The second-order valence-electron chi connectivity index (χ2n) is 4.69. The molecule has 1 aromatic carbocycles. The number of nitrogens with one attached hydrogen (secondary N) is 1. The molecule has 0 aliphatic rings. The molecule has 0 spiro atoms. The average Bonchev–Trinajstić information content (AvgIpc) is 2.44. The van der Waals surface area contributed by atoms with Crippen LogP contribution in [0, 0.1) is 18.8 Å². The van der Waals surface area contributed by atoms with Crippen molar-refractivity contribution in [1.82, 2.24) is 0 Å². The SMILES string of the molecule is COC(C)CCC(=O)Nc1ccc(C)cc1C#CCN. The van der Waals surface area contributed by atoms with Gasteiger partial charge in [0.1, 0.15) is 0 Å². The van der Waals surface area contributed by atoms with Crippen molar-refractivity contribution in [1.29, 1.82) is 0 Å². The Morgan fingerprint density at radius 1 is 1.50 bits per heavy atom. The van der Waals surface area contributed by atoms with Gasteiger partial charge in [-0.1, -0.05) is 17.9 Å². The van der Waals surface area contributed by atoms with Gasteiger partial charge >= 0.3 is 0 Å². The first-order valence-electron chi connectivity index (χ1n) is 6.69. The molecule has 0 saturated carbocycles. The standard InChI is InChI=1S/C16H22N2O2/c1-12-6-8-15(14(11-12)5-4-10-17)18-16(19)9-7-13(2)20-3/h6,8,11,13H,7,9-10,17H2,1-3H3,(H,18,19). The van der Waals surface area contributed by atoms with Crippen LogP contribution in [-0.4, -0.2) is 25.7 Å². The summed E-state index contributed by atoms with van der Waals surface area (Å²) in [5, 5.41) is 2.89. The van der Waals surface area contributed by atoms with Gasteiger partial charge in [-0.25, -0.2) is 0 Å². The first-order valence-corrected chi connectivity index (χ1v) is 6.69. The van der Waals surface area contributed by atoms with Gasteiger partial charge in [0, 0.05) is 19.1 Å². The summed E-state index contributed by atoms with van der Waals surface area (Å²) < 4.78 is 5.13. The van der Waals surface area contributed by atoms with E-state index >= 15 is 0 Å². The number of carbonyl (C=O) groups excluding carboxylic acids is 1. The summed E-state index contributed by atoms with van der Waals surface area (Å²) in [5.41, 5.74) is 8.01. The molecule has 4 nitrogen and oxygen atoms in total. The van der Waals surface area contributed by atoms with Crippen molar-refractivity contribution in [3.05, 3.63) is 29.3 Å². The van der Waals surface area contributed by atoms with Gasteiger partial charge in [-0.2, -0.15) is 0 Å². The van der Waals surface area contributed by atoms with Crippen molar-refractivity contribution in [2.45, 2.75) is 32.8 Å². The minimum atomic E-state index is -0.0337. The molecule has 1 rings (SSSR count). The molecule has 1 aromatic rings. The number of aryl methyl sites for hydroxylation is 1. The molecule has 0 aliphatic carbocycles. The highest BCUT2D eigenvalue weighted by molar-refractivity contribution is 5.92. The molecule has 3 N–H and O–H groups in total. The van der Waals surface area contributed by atoms with Crippen LogP contribution in [0.5, 0.6) is 0 Å². The van der Waals surface area contributed by atoms with Crippen LogP contribution >= 0.6 is 0 Å². The molecule has 0 saturated heterocycles. The van der Waals surface area contributed by atoms with Gasteiger partial charge < -0.3 is 15.8 Å². The Morgan fingerprint density at radius 2 is 2.25 bits per heavy atom. The lowest BCUT2D eigenvalue weighted by Gasteiger charge is -2.11. The maximum absolute atomic E-state index is 11.9. The van der Waals surface area contributed by atoms with Crippen molar-refractivity contribution < 1.29 is 9.53 Å². The van der Waals surface area contributed by atoms with E-state index in [9.17, 15) is 4.79 Å². The van der Waals surface area contributed by atoms with E-state index in [1.165, 1.54) is 0 Å². The molecule has 0 aromatic heterocycles. The van der Waals surface area contributed by atoms with E-state index in [4.69, 9.17) is 10.5 Å². The van der Waals surface area contributed by atoms with Crippen LogP contribution in [0.1, 0.15) is 30.9 Å². The van der Waals surface area contributed by atoms with Gasteiger partial charge in [0.25, 0.3) is 0 Å². The van der Waals surface area contributed by atoms with Crippen LogP contribution in [0.3, 0.4) is 0 Å². The molecule has 4 heteroatoms. The summed E-state index contributed by atoms with van der Waals surface area (Å²) in [5.74, 6) is 5.76. The van der Waals surface area contributed by atoms with E-state index < -0.39 is 0 Å². The third kappa shape index (κ3) is 5.43. The second-order valence-corrected chi connectivity index (χ2v) is 4.69. The van der Waals surface area contributed by atoms with Crippen molar-refractivity contribution in [3.63, 3.8) is 0 Å². The number of carbonyl (C=O) groups is 1. The zero-order valence-corrected chi connectivity index (χ0v) is 12.3. The Kier molecular flexibility index (Phi) is 6.78. The minimum Gasteiger partial charge on any atom is -0.382 e. The minimum absolute atomic E-state index is 0.0337. The second kappa shape index (κ2) is 8.36. The lowest BCUT2D eigenvalue weighted by Crippen LogP contribution is -2.15. The van der Waals surface area contributed by atoms with E-state index in [0.717, 1.165) is 16.8 Å². The molecule has 0 fully saturated rings. The molecule has 1 unspecified atom stereocenters. The lowest BCUT2D eigenvalue weighted by molar-refractivity contribution is -0.116. The molecule has 1 amide bonds. The van der Waals surface area contributed by atoms with Gasteiger partial charge in [0.15, 0.2) is 0 Å². The van der Waals surface area contributed by atoms with Crippen molar-refractivity contribution in [2.24, 2.45) is 5.73 Å². The lowest BCUT2D eigenvalue weighted by atomic mass is 10.1. The zero-order valence-electron chi connectivity index (χ0n) is 12.3. The summed E-state index contributed by atoms with van der Waals surface area (Å²) in [6.45, 7) is 4.23. The van der Waals surface area contributed by atoms with Gasteiger partial charge in [-0.15, -0.1) is 0 Å². The molecule has 0 aliphatic heterocycles. The third-order valence-electron chi connectivity index (χ3n) is 2.95. The van der Waals surface area contributed by atoms with E-state index in [0.29, 0.717) is 19.4 Å². The Hall–Kier alpha value is -1.83. The van der Waals surface area contributed by atoms with Gasteiger partial charge in [0.2, 0.25) is 5.91 Å². The van der Waals surface area contributed by atoms with Gasteiger partial charge in [0.05, 0.1) is 18.3 Å². The number of rotatable bonds is 5. The summed E-state index contributed by atoms with van der Waals surface area (Å²) in [6, 6.07) is 5.75. The number of ether oxygens (including phenoxy) is 1. The Morgan fingerprint density at radius 3 is 2.90 bits per heavy atom. The first kappa shape index (κ1) is 16.2. The Balaban J connectivity index is 2.73. The first-order chi connectivity index (χ1) is 9.56. The van der Waals surface area contributed by atoms with Crippen LogP contribution in [0.25, 0.3) is 0 Å². The van der Waals surface area contributed by atoms with Gasteiger partial charge in [-0.3, -0.25) is 4.79 Å². The summed E-state index contributed by atoms with van der Waals surface area (Å²) in [6.07, 6.45) is 1.19. The predicted octanol–water partition coefficient (Wildman–Crippen LogP) is 2.06. The smallest absolute Gasteiger partial charge is 0.224 e. The van der Waals surface area contributed by atoms with Crippen LogP contribution in [0.15, 0.2) is 18.2 Å². The maximum atomic E-state index is 11.9. The van der Waals surface area contributed by atoms with Crippen LogP contribution < -0.4 is 11.1 Å². The summed E-state index contributed by atoms with van der Waals surface area (Å²) in [7, 11) is 1.64. The molecule has 1 atom stereocenters. The number of nitrogens with two attached hydrogens (primary N) is 1. The molecular formula is C16H22N2O2. The molecular weight excluding hydrogens is 252 g/mol. The molecule has 20 heavy (non-hydrogen) atoms. The van der Waals surface area contributed by atoms with Crippen molar-refractivity contribution in [2.75, 3.05) is 19.0 Å². The normalized spacial score (nSPS) is 11.4. The number of benzene rings is 1. The number of amides is 1. The van der Waals surface area contributed by atoms with Crippen molar-refractivity contribution in [3.8, 4) is 11.8 Å².